The van der Waals surface area contributed by atoms with E-state index in [0.717, 1.165) is 22.2 Å². The lowest BCUT2D eigenvalue weighted by atomic mass is 10.1. The number of nitrogens with zero attached hydrogens (tertiary/aromatic N) is 3. The van der Waals surface area contributed by atoms with E-state index in [9.17, 15) is 4.79 Å². The molecule has 25 heavy (non-hydrogen) atoms. The summed E-state index contributed by atoms with van der Waals surface area (Å²) in [4.78, 5) is 20.6. The minimum Gasteiger partial charge on any atom is -1.00 e. The first-order chi connectivity index (χ1) is 11.7. The molecule has 0 unspecified atom stereocenters. The summed E-state index contributed by atoms with van der Waals surface area (Å²) in [5.74, 6) is -0.221. The third kappa shape index (κ3) is 4.82. The van der Waals surface area contributed by atoms with E-state index in [4.69, 9.17) is 0 Å². The van der Waals surface area contributed by atoms with E-state index in [2.05, 4.69) is 26.2 Å². The number of carbonyl (C=O) groups is 1. The molecule has 1 aromatic heterocycles. The van der Waals surface area contributed by atoms with Gasteiger partial charge in [0.05, 0.1) is 17.2 Å². The molecule has 0 aliphatic carbocycles. The van der Waals surface area contributed by atoms with Gasteiger partial charge in [-0.15, -0.1) is 0 Å². The minimum absolute atomic E-state index is 0. The maximum absolute atomic E-state index is 12.1. The van der Waals surface area contributed by atoms with Gasteiger partial charge in [0.2, 0.25) is 0 Å². The van der Waals surface area contributed by atoms with Crippen LogP contribution in [-0.4, -0.2) is 28.1 Å². The number of para-hydroxylation sites is 1. The summed E-state index contributed by atoms with van der Waals surface area (Å²) in [6, 6.07) is 15.0. The highest BCUT2D eigenvalue weighted by Gasteiger charge is 2.16. The number of benzene rings is 2. The average molecular weight is 356 g/mol. The van der Waals surface area contributed by atoms with Crippen LogP contribution in [-0.2, 0) is 11.2 Å². The molecule has 0 saturated carbocycles. The first-order valence-electron chi connectivity index (χ1n) is 7.63. The van der Waals surface area contributed by atoms with Crippen molar-refractivity contribution in [3.05, 3.63) is 72.1 Å². The van der Waals surface area contributed by atoms with E-state index in [1.165, 1.54) is 0 Å². The number of fused-ring (bicyclic) bond motifs is 1. The second kappa shape index (κ2) is 8.86. The van der Waals surface area contributed by atoms with Crippen LogP contribution in [0.1, 0.15) is 11.1 Å². The Labute approximate surface area is 151 Å². The Morgan fingerprint density at radius 2 is 1.88 bits per heavy atom. The molecule has 2 aromatic carbocycles. The van der Waals surface area contributed by atoms with E-state index in [0.29, 0.717) is 6.42 Å². The Morgan fingerprint density at radius 1 is 1.12 bits per heavy atom. The van der Waals surface area contributed by atoms with Crippen molar-refractivity contribution in [2.45, 2.75) is 12.5 Å². The van der Waals surface area contributed by atoms with Crippen molar-refractivity contribution in [1.29, 1.82) is 0 Å². The summed E-state index contributed by atoms with van der Waals surface area (Å²) in [6.07, 6.45) is 5.41. The van der Waals surface area contributed by atoms with Gasteiger partial charge in [0.1, 0.15) is 0 Å². The van der Waals surface area contributed by atoms with Gasteiger partial charge in [-0.05, 0) is 11.6 Å². The maximum Gasteiger partial charge on any atom is 0.298 e. The van der Waals surface area contributed by atoms with Gasteiger partial charge in [0.15, 0.2) is 6.04 Å². The number of hydrogen-bond donors (Lipinski definition) is 2. The van der Waals surface area contributed by atoms with Gasteiger partial charge in [-0.1, -0.05) is 42.5 Å². The van der Waals surface area contributed by atoms with E-state index < -0.39 is 6.04 Å². The smallest absolute Gasteiger partial charge is 0.298 e. The molecule has 4 N–H and O–H groups in total. The predicted octanol–water partition coefficient (Wildman–Crippen LogP) is -2.06. The van der Waals surface area contributed by atoms with Gasteiger partial charge >= 0.3 is 0 Å². The second-order valence-electron chi connectivity index (χ2n) is 5.39. The molecule has 1 heterocycles. The van der Waals surface area contributed by atoms with Crippen LogP contribution in [0.2, 0.25) is 0 Å². The highest BCUT2D eigenvalue weighted by Crippen LogP contribution is 2.11. The zero-order chi connectivity index (χ0) is 16.8. The van der Waals surface area contributed by atoms with Crippen LogP contribution in [0.25, 0.3) is 11.0 Å². The lowest BCUT2D eigenvalue weighted by molar-refractivity contribution is -0.403. The van der Waals surface area contributed by atoms with Gasteiger partial charge in [-0.3, -0.25) is 14.8 Å². The lowest BCUT2D eigenvalue weighted by Crippen LogP contribution is -3.00. The van der Waals surface area contributed by atoms with Crippen LogP contribution < -0.4 is 23.6 Å². The lowest BCUT2D eigenvalue weighted by Gasteiger charge is -2.06. The van der Waals surface area contributed by atoms with Crippen molar-refractivity contribution >= 4 is 23.2 Å². The number of aromatic nitrogens is 2. The highest BCUT2D eigenvalue weighted by atomic mass is 35.5. The van der Waals surface area contributed by atoms with Gasteiger partial charge in [-0.2, -0.15) is 5.10 Å². The van der Waals surface area contributed by atoms with Crippen LogP contribution in [0, 0.1) is 0 Å². The third-order valence-corrected chi connectivity index (χ3v) is 3.60. The molecule has 0 aliphatic rings. The van der Waals surface area contributed by atoms with Crippen molar-refractivity contribution in [3.63, 3.8) is 0 Å². The standard InChI is InChI=1S/C18H17N5O.ClH/c19-15(11-13-5-2-1-3-6-13)18(24)23-22-12-14-7-4-8-16-17(14)21-10-9-20-16;/h1-10,12,15H,11,19H2,(H,23,24);1H/t15-;/m0./s1. The van der Waals surface area contributed by atoms with Crippen LogP contribution in [0.4, 0.5) is 0 Å². The normalized spacial score (nSPS) is 11.9. The molecule has 0 fully saturated rings. The summed E-state index contributed by atoms with van der Waals surface area (Å²) in [6.45, 7) is 0. The van der Waals surface area contributed by atoms with Crippen molar-refractivity contribution in [3.8, 4) is 0 Å². The number of carbonyl (C=O) groups excluding carboxylic acids is 1. The molecule has 0 radical (unpaired) electrons. The molecule has 0 spiro atoms. The molecule has 128 valence electrons. The Bertz CT molecular complexity index is 864. The predicted molar refractivity (Wildman–Crippen MR) is 92.1 cm³/mol. The summed E-state index contributed by atoms with van der Waals surface area (Å²) in [7, 11) is 0. The van der Waals surface area contributed by atoms with Gasteiger partial charge in [0, 0.05) is 24.4 Å². The topological polar surface area (TPSA) is 94.9 Å². The molecule has 3 aromatic rings. The van der Waals surface area contributed by atoms with E-state index >= 15 is 0 Å². The van der Waals surface area contributed by atoms with Crippen LogP contribution in [0.15, 0.2) is 66.0 Å². The zero-order valence-electron chi connectivity index (χ0n) is 13.5. The Kier molecular flexibility index (Phi) is 6.56. The number of quaternary nitrogens is 1. The first-order valence-corrected chi connectivity index (χ1v) is 7.63. The van der Waals surface area contributed by atoms with Crippen LogP contribution >= 0.6 is 0 Å². The second-order valence-corrected chi connectivity index (χ2v) is 5.39. The molecule has 1 amide bonds. The molecule has 3 rings (SSSR count). The summed E-state index contributed by atoms with van der Waals surface area (Å²) in [5.41, 5.74) is 9.83. The fraction of sp³-hybridized carbons (Fsp3) is 0.111. The van der Waals surface area contributed by atoms with Crippen molar-refractivity contribution < 1.29 is 22.9 Å². The van der Waals surface area contributed by atoms with Gasteiger partial charge in [-0.25, -0.2) is 5.43 Å². The van der Waals surface area contributed by atoms with Gasteiger partial charge < -0.3 is 18.1 Å². The Balaban J connectivity index is 0.00000225. The molecule has 6 nitrogen and oxygen atoms in total. The fourth-order valence-corrected chi connectivity index (χ4v) is 2.37. The number of halogens is 1. The maximum atomic E-state index is 12.1. The van der Waals surface area contributed by atoms with Crippen LogP contribution in [0.5, 0.6) is 0 Å². The minimum atomic E-state index is -0.406. The number of amides is 1. The number of hydrazone groups is 1. The van der Waals surface area contributed by atoms with Gasteiger partial charge in [0.25, 0.3) is 5.91 Å². The van der Waals surface area contributed by atoms with E-state index in [-0.39, 0.29) is 18.3 Å². The monoisotopic (exact) mass is 355 g/mol. The Morgan fingerprint density at radius 3 is 2.68 bits per heavy atom. The Hall–Kier alpha value is -2.83. The SMILES string of the molecule is [Cl-].[NH3+][C@@H](Cc1ccccc1)C(=O)NN=Cc1cccc2nccnc12. The van der Waals surface area contributed by atoms with E-state index in [1.807, 2.05) is 48.5 Å². The fourth-order valence-electron chi connectivity index (χ4n) is 2.37. The molecule has 0 saturated heterocycles. The summed E-state index contributed by atoms with van der Waals surface area (Å²) >= 11 is 0. The number of hydrogen-bond acceptors (Lipinski definition) is 4. The van der Waals surface area contributed by atoms with Crippen molar-refractivity contribution in [2.75, 3.05) is 0 Å². The molecule has 0 bridgehead atoms. The van der Waals surface area contributed by atoms with Crippen LogP contribution in [0.3, 0.4) is 0 Å². The average Bonchev–Trinajstić information content (AvgIpc) is 2.62. The number of rotatable bonds is 5. The molecule has 7 heteroatoms. The van der Waals surface area contributed by atoms with Crippen molar-refractivity contribution in [2.24, 2.45) is 5.10 Å². The first kappa shape index (κ1) is 18.5. The van der Waals surface area contributed by atoms with E-state index in [1.54, 1.807) is 18.6 Å². The molecular weight excluding hydrogens is 338 g/mol. The zero-order valence-corrected chi connectivity index (χ0v) is 14.2. The molecule has 0 aliphatic heterocycles. The van der Waals surface area contributed by atoms with Crippen molar-refractivity contribution in [1.82, 2.24) is 15.4 Å². The summed E-state index contributed by atoms with van der Waals surface area (Å²) < 4.78 is 0. The third-order valence-electron chi connectivity index (χ3n) is 3.60. The number of nitrogens with one attached hydrogen (secondary N) is 1. The molecule has 1 atom stereocenters. The largest absolute Gasteiger partial charge is 1.00 e. The molecular formula is C18H18ClN5O. The summed E-state index contributed by atoms with van der Waals surface area (Å²) in [5, 5.41) is 4.02. The quantitative estimate of drug-likeness (QED) is 0.407. The highest BCUT2D eigenvalue weighted by molar-refractivity contribution is 5.96.